The zero-order chi connectivity index (χ0) is 17.8. The van der Waals surface area contributed by atoms with Crippen LogP contribution in [0.3, 0.4) is 0 Å². The Labute approximate surface area is 156 Å². The summed E-state index contributed by atoms with van der Waals surface area (Å²) in [5, 5.41) is 7.09. The van der Waals surface area contributed by atoms with E-state index in [0.717, 1.165) is 39.6 Å². The zero-order valence-corrected chi connectivity index (χ0v) is 16.1. The first kappa shape index (κ1) is 17.8. The van der Waals surface area contributed by atoms with Crippen molar-refractivity contribution in [2.75, 3.05) is 24.7 Å². The summed E-state index contributed by atoms with van der Waals surface area (Å²) in [4.78, 5) is 18.7. The van der Waals surface area contributed by atoms with Crippen LogP contribution in [0.15, 0.2) is 34.7 Å². The number of benzene rings is 1. The van der Waals surface area contributed by atoms with Gasteiger partial charge in [-0.05, 0) is 30.3 Å². The van der Waals surface area contributed by atoms with Crippen LogP contribution in [0.4, 0.5) is 10.8 Å². The number of thiazole rings is 1. The fourth-order valence-corrected chi connectivity index (χ4v) is 4.13. The van der Waals surface area contributed by atoms with Crippen molar-refractivity contribution in [3.05, 3.63) is 40.4 Å². The highest BCUT2D eigenvalue weighted by atomic mass is 32.2. The molecule has 7 heteroatoms. The highest BCUT2D eigenvalue weighted by molar-refractivity contribution is 8.03. The van der Waals surface area contributed by atoms with E-state index in [4.69, 9.17) is 4.74 Å². The Morgan fingerprint density at radius 2 is 2.12 bits per heavy atom. The third-order valence-corrected chi connectivity index (χ3v) is 5.52. The molecule has 1 fully saturated rings. The number of ether oxygens (including phenoxy) is 1. The number of nitrogens with zero attached hydrogens (tertiary/aromatic N) is 2. The molecule has 3 rings (SSSR count). The van der Waals surface area contributed by atoms with Crippen molar-refractivity contribution in [1.29, 1.82) is 0 Å². The van der Waals surface area contributed by atoms with Gasteiger partial charge in [0.05, 0.1) is 17.8 Å². The Kier molecular flexibility index (Phi) is 5.65. The molecule has 1 N–H and O–H groups in total. The summed E-state index contributed by atoms with van der Waals surface area (Å²) in [6.45, 7) is 4.64. The first-order chi connectivity index (χ1) is 12.1. The number of hydrogen-bond donors (Lipinski definition) is 1. The third kappa shape index (κ3) is 4.35. The van der Waals surface area contributed by atoms with Gasteiger partial charge in [0.25, 0.3) is 0 Å². The Hall–Kier alpha value is -1.99. The second-order valence-corrected chi connectivity index (χ2v) is 7.88. The minimum atomic E-state index is 0.00448. The van der Waals surface area contributed by atoms with E-state index >= 15 is 0 Å². The lowest BCUT2D eigenvalue weighted by atomic mass is 10.2. The Bertz CT molecular complexity index is 769. The number of hydrogen-bond acceptors (Lipinski definition) is 6. The summed E-state index contributed by atoms with van der Waals surface area (Å²) in [6, 6.07) is 7.72. The molecule has 132 valence electrons. The SMILES string of the molecule is COc1ccc(Nc2nc(/C=C3/SCCN3C(=O)C(C)C)cs2)cc1. The van der Waals surface area contributed by atoms with Crippen molar-refractivity contribution in [3.8, 4) is 5.75 Å². The maximum absolute atomic E-state index is 12.3. The van der Waals surface area contributed by atoms with E-state index in [0.29, 0.717) is 0 Å². The standard InChI is InChI=1S/C18H21N3O2S2/c1-12(2)17(22)21-8-9-24-16(21)10-14-11-25-18(20-14)19-13-4-6-15(23-3)7-5-13/h4-7,10-12H,8-9H2,1-3H3,(H,19,20)/b16-10+. The molecule has 0 spiro atoms. The zero-order valence-electron chi connectivity index (χ0n) is 14.5. The fourth-order valence-electron chi connectivity index (χ4n) is 2.41. The van der Waals surface area contributed by atoms with E-state index in [2.05, 4.69) is 10.3 Å². The molecule has 1 saturated heterocycles. The van der Waals surface area contributed by atoms with E-state index < -0.39 is 0 Å². The molecule has 1 aromatic heterocycles. The van der Waals surface area contributed by atoms with Gasteiger partial charge in [0, 0.05) is 29.3 Å². The molecule has 0 aliphatic carbocycles. The number of amides is 1. The van der Waals surface area contributed by atoms with Crippen molar-refractivity contribution in [3.63, 3.8) is 0 Å². The van der Waals surface area contributed by atoms with E-state index in [1.807, 2.05) is 54.5 Å². The molecule has 0 bridgehead atoms. The molecule has 0 unspecified atom stereocenters. The van der Waals surface area contributed by atoms with Crippen molar-refractivity contribution < 1.29 is 9.53 Å². The van der Waals surface area contributed by atoms with Gasteiger partial charge in [-0.2, -0.15) is 0 Å². The van der Waals surface area contributed by atoms with Crippen molar-refractivity contribution in [2.24, 2.45) is 5.92 Å². The maximum atomic E-state index is 12.3. The lowest BCUT2D eigenvalue weighted by Gasteiger charge is -2.18. The van der Waals surface area contributed by atoms with Gasteiger partial charge >= 0.3 is 0 Å². The fraction of sp³-hybridized carbons (Fsp3) is 0.333. The highest BCUT2D eigenvalue weighted by Gasteiger charge is 2.26. The van der Waals surface area contributed by atoms with E-state index in [1.165, 1.54) is 0 Å². The summed E-state index contributed by atoms with van der Waals surface area (Å²) in [7, 11) is 1.65. The van der Waals surface area contributed by atoms with Gasteiger partial charge in [0.2, 0.25) is 5.91 Å². The first-order valence-electron chi connectivity index (χ1n) is 8.09. The molecule has 0 radical (unpaired) electrons. The Morgan fingerprint density at radius 3 is 2.80 bits per heavy atom. The Balaban J connectivity index is 1.71. The highest BCUT2D eigenvalue weighted by Crippen LogP contribution is 2.32. The summed E-state index contributed by atoms with van der Waals surface area (Å²) < 4.78 is 5.16. The molecule has 1 aliphatic rings. The Morgan fingerprint density at radius 1 is 1.36 bits per heavy atom. The van der Waals surface area contributed by atoms with Gasteiger partial charge in [-0.25, -0.2) is 4.98 Å². The number of anilines is 2. The number of aromatic nitrogens is 1. The van der Waals surface area contributed by atoms with E-state index in [9.17, 15) is 4.79 Å². The van der Waals surface area contributed by atoms with Crippen LogP contribution in [0, 0.1) is 5.92 Å². The number of rotatable bonds is 5. The van der Waals surface area contributed by atoms with Crippen LogP contribution in [0.2, 0.25) is 0 Å². The molecule has 1 aliphatic heterocycles. The molecule has 25 heavy (non-hydrogen) atoms. The second-order valence-electron chi connectivity index (χ2n) is 5.91. The molecule has 0 saturated carbocycles. The minimum absolute atomic E-state index is 0.00448. The maximum Gasteiger partial charge on any atom is 0.229 e. The number of methoxy groups -OCH3 is 1. The van der Waals surface area contributed by atoms with Gasteiger partial charge in [0.1, 0.15) is 5.75 Å². The smallest absolute Gasteiger partial charge is 0.229 e. The summed E-state index contributed by atoms with van der Waals surface area (Å²) >= 11 is 3.25. The normalized spacial score (nSPS) is 15.8. The van der Waals surface area contributed by atoms with E-state index in [-0.39, 0.29) is 11.8 Å². The lowest BCUT2D eigenvalue weighted by molar-refractivity contribution is -0.131. The number of nitrogens with one attached hydrogen (secondary N) is 1. The first-order valence-corrected chi connectivity index (χ1v) is 9.96. The summed E-state index contributed by atoms with van der Waals surface area (Å²) in [5.41, 5.74) is 1.83. The summed E-state index contributed by atoms with van der Waals surface area (Å²) in [6.07, 6.45) is 1.99. The average Bonchev–Trinajstić information content (AvgIpc) is 3.24. The molecule has 2 heterocycles. The number of carbonyl (C=O) groups is 1. The van der Waals surface area contributed by atoms with Crippen LogP contribution in [0.5, 0.6) is 5.75 Å². The largest absolute Gasteiger partial charge is 0.497 e. The van der Waals surface area contributed by atoms with Gasteiger partial charge in [-0.15, -0.1) is 23.1 Å². The summed E-state index contributed by atoms with van der Waals surface area (Å²) in [5.74, 6) is 1.93. The molecule has 0 atom stereocenters. The molecule has 2 aromatic rings. The average molecular weight is 376 g/mol. The monoisotopic (exact) mass is 375 g/mol. The molecule has 1 aromatic carbocycles. The van der Waals surface area contributed by atoms with Crippen LogP contribution in [-0.4, -0.2) is 35.2 Å². The molecular weight excluding hydrogens is 354 g/mol. The van der Waals surface area contributed by atoms with E-state index in [1.54, 1.807) is 30.2 Å². The molecule has 5 nitrogen and oxygen atoms in total. The van der Waals surface area contributed by atoms with Crippen LogP contribution in [0.1, 0.15) is 19.5 Å². The van der Waals surface area contributed by atoms with Gasteiger partial charge < -0.3 is 15.0 Å². The number of carbonyl (C=O) groups excluding carboxylic acids is 1. The van der Waals surface area contributed by atoms with Crippen molar-refractivity contribution in [1.82, 2.24) is 9.88 Å². The van der Waals surface area contributed by atoms with Crippen LogP contribution in [0.25, 0.3) is 6.08 Å². The predicted octanol–water partition coefficient (Wildman–Crippen LogP) is 4.43. The third-order valence-electron chi connectivity index (χ3n) is 3.73. The molecule has 1 amide bonds. The van der Waals surface area contributed by atoms with Crippen LogP contribution >= 0.6 is 23.1 Å². The molecular formula is C18H21N3O2S2. The predicted molar refractivity (Wildman–Crippen MR) is 105 cm³/mol. The van der Waals surface area contributed by atoms with Crippen molar-refractivity contribution >= 4 is 45.9 Å². The van der Waals surface area contributed by atoms with Gasteiger partial charge in [-0.3, -0.25) is 4.79 Å². The number of thioether (sulfide) groups is 1. The van der Waals surface area contributed by atoms with Crippen molar-refractivity contribution in [2.45, 2.75) is 13.8 Å². The topological polar surface area (TPSA) is 54.5 Å². The van der Waals surface area contributed by atoms with Gasteiger partial charge in [0.15, 0.2) is 5.13 Å². The quantitative estimate of drug-likeness (QED) is 0.838. The second kappa shape index (κ2) is 7.93. The van der Waals surface area contributed by atoms with Crippen LogP contribution in [-0.2, 0) is 4.79 Å². The lowest BCUT2D eigenvalue weighted by Crippen LogP contribution is -2.30. The van der Waals surface area contributed by atoms with Gasteiger partial charge in [-0.1, -0.05) is 13.8 Å². The van der Waals surface area contributed by atoms with Crippen LogP contribution < -0.4 is 10.1 Å². The minimum Gasteiger partial charge on any atom is -0.497 e.